The van der Waals surface area contributed by atoms with Gasteiger partial charge in [0.25, 0.3) is 0 Å². The largest absolute Gasteiger partial charge is 0.473 e. The van der Waals surface area contributed by atoms with Gasteiger partial charge in [-0.15, -0.1) is 0 Å². The van der Waals surface area contributed by atoms with Crippen LogP contribution in [0.2, 0.25) is 0 Å². The average molecular weight is 489 g/mol. The Morgan fingerprint density at radius 2 is 0.943 bits per heavy atom. The maximum absolute atomic E-state index is 13.0. The molecule has 6 nitrogen and oxygen atoms in total. The average Bonchev–Trinajstić information content (AvgIpc) is 2.87. The van der Waals surface area contributed by atoms with Crippen molar-refractivity contribution in [1.29, 1.82) is 0 Å². The molecule has 7 heteroatoms. The van der Waals surface area contributed by atoms with Gasteiger partial charge in [0.05, 0.1) is 9.79 Å². The molecule has 0 fully saturated rings. The highest BCUT2D eigenvalue weighted by atomic mass is 32.2. The zero-order valence-corrected chi connectivity index (χ0v) is 20.5. The van der Waals surface area contributed by atoms with E-state index in [1.165, 1.54) is 0 Å². The van der Waals surface area contributed by atoms with Crippen molar-refractivity contribution in [3.05, 3.63) is 108 Å². The number of aryl methyl sites for hydroxylation is 2. The summed E-state index contributed by atoms with van der Waals surface area (Å²) in [7, 11) is -3.63. The van der Waals surface area contributed by atoms with Gasteiger partial charge in [-0.05, 0) is 85.6 Å². The molecule has 0 saturated carbocycles. The molecular weight excluding hydrogens is 460 g/mol. The first kappa shape index (κ1) is 24.2. The van der Waals surface area contributed by atoms with Crippen molar-refractivity contribution in [3.8, 4) is 11.5 Å². The van der Waals surface area contributed by atoms with Gasteiger partial charge in [0, 0.05) is 11.4 Å². The number of nitrogens with one attached hydrogen (secondary N) is 2. The number of anilines is 2. The van der Waals surface area contributed by atoms with Crippen LogP contribution in [0, 0.1) is 13.8 Å². The van der Waals surface area contributed by atoms with Crippen LogP contribution >= 0.6 is 0 Å². The molecule has 0 bridgehead atoms. The number of hydrogen-bond donors (Lipinski definition) is 2. The zero-order chi connectivity index (χ0) is 24.7. The van der Waals surface area contributed by atoms with Gasteiger partial charge in [-0.3, -0.25) is 0 Å². The van der Waals surface area contributed by atoms with Crippen molar-refractivity contribution in [2.75, 3.05) is 24.1 Å². The summed E-state index contributed by atoms with van der Waals surface area (Å²) >= 11 is 0. The summed E-state index contributed by atoms with van der Waals surface area (Å²) in [6.45, 7) is 4.52. The minimum atomic E-state index is -3.63. The SMILES string of the molecule is Cc1ccccc1OCNc1ccc(S(=O)(=O)c2ccc(NCOc3ccccc3C)cc2)cc1. The third-order valence-electron chi connectivity index (χ3n) is 5.52. The van der Waals surface area contributed by atoms with Crippen LogP contribution in [0.25, 0.3) is 0 Å². The quantitative estimate of drug-likeness (QED) is 0.265. The molecule has 0 radical (unpaired) electrons. The van der Waals surface area contributed by atoms with Crippen LogP contribution in [-0.4, -0.2) is 21.9 Å². The molecule has 2 N–H and O–H groups in total. The van der Waals surface area contributed by atoms with E-state index in [2.05, 4.69) is 10.6 Å². The number of rotatable bonds is 10. The van der Waals surface area contributed by atoms with E-state index in [9.17, 15) is 8.42 Å². The summed E-state index contributed by atoms with van der Waals surface area (Å²) < 4.78 is 37.5. The first-order valence-corrected chi connectivity index (χ1v) is 12.7. The molecule has 4 rings (SSSR count). The Hall–Kier alpha value is -3.97. The maximum atomic E-state index is 13.0. The van der Waals surface area contributed by atoms with Gasteiger partial charge in [0.2, 0.25) is 9.84 Å². The third kappa shape index (κ3) is 6.13. The Bertz CT molecular complexity index is 1270. The van der Waals surface area contributed by atoms with E-state index >= 15 is 0 Å². The molecule has 0 amide bonds. The van der Waals surface area contributed by atoms with Crippen molar-refractivity contribution in [1.82, 2.24) is 0 Å². The summed E-state index contributed by atoms with van der Waals surface area (Å²) in [4.78, 5) is 0.456. The fourth-order valence-corrected chi connectivity index (χ4v) is 4.73. The van der Waals surface area contributed by atoms with Crippen molar-refractivity contribution in [2.45, 2.75) is 23.6 Å². The Morgan fingerprint density at radius 3 is 1.31 bits per heavy atom. The molecule has 4 aromatic carbocycles. The highest BCUT2D eigenvalue weighted by Crippen LogP contribution is 2.24. The summed E-state index contributed by atoms with van der Waals surface area (Å²) in [6, 6.07) is 28.8. The Kier molecular flexibility index (Phi) is 7.57. The molecule has 0 heterocycles. The van der Waals surface area contributed by atoms with Crippen molar-refractivity contribution in [2.24, 2.45) is 0 Å². The highest BCUT2D eigenvalue weighted by molar-refractivity contribution is 7.91. The first-order valence-electron chi connectivity index (χ1n) is 11.2. The lowest BCUT2D eigenvalue weighted by molar-refractivity contribution is 0.344. The second-order valence-electron chi connectivity index (χ2n) is 8.01. The lowest BCUT2D eigenvalue weighted by atomic mass is 10.2. The van der Waals surface area contributed by atoms with E-state index in [0.717, 1.165) is 34.0 Å². The second kappa shape index (κ2) is 11.0. The van der Waals surface area contributed by atoms with Gasteiger partial charge < -0.3 is 20.1 Å². The van der Waals surface area contributed by atoms with Crippen LogP contribution in [0.4, 0.5) is 11.4 Å². The normalized spacial score (nSPS) is 11.0. The van der Waals surface area contributed by atoms with E-state index in [-0.39, 0.29) is 23.3 Å². The smallest absolute Gasteiger partial charge is 0.206 e. The van der Waals surface area contributed by atoms with Crippen LogP contribution in [0.3, 0.4) is 0 Å². The molecule has 0 aromatic heterocycles. The van der Waals surface area contributed by atoms with Crippen LogP contribution in [0.5, 0.6) is 11.5 Å². The van der Waals surface area contributed by atoms with E-state index in [0.29, 0.717) is 0 Å². The van der Waals surface area contributed by atoms with Crippen molar-refractivity contribution in [3.63, 3.8) is 0 Å². The zero-order valence-electron chi connectivity index (χ0n) is 19.7. The third-order valence-corrected chi connectivity index (χ3v) is 7.31. The van der Waals surface area contributed by atoms with E-state index < -0.39 is 9.84 Å². The molecule has 0 aliphatic rings. The lowest BCUT2D eigenvalue weighted by Crippen LogP contribution is -2.10. The van der Waals surface area contributed by atoms with E-state index in [1.54, 1.807) is 48.5 Å². The van der Waals surface area contributed by atoms with Gasteiger partial charge in [0.1, 0.15) is 11.5 Å². The summed E-state index contributed by atoms with van der Waals surface area (Å²) in [5.74, 6) is 1.61. The lowest BCUT2D eigenvalue weighted by Gasteiger charge is -2.12. The Morgan fingerprint density at radius 1 is 0.571 bits per heavy atom. The maximum Gasteiger partial charge on any atom is 0.206 e. The van der Waals surface area contributed by atoms with Gasteiger partial charge in [-0.2, -0.15) is 0 Å². The minimum absolute atomic E-state index is 0.228. The van der Waals surface area contributed by atoms with Gasteiger partial charge in [-0.1, -0.05) is 36.4 Å². The molecule has 4 aromatic rings. The van der Waals surface area contributed by atoms with Gasteiger partial charge >= 0.3 is 0 Å². The highest BCUT2D eigenvalue weighted by Gasteiger charge is 2.17. The number of ether oxygens (including phenoxy) is 2. The summed E-state index contributed by atoms with van der Waals surface area (Å²) in [5, 5.41) is 6.29. The van der Waals surface area contributed by atoms with Crippen molar-refractivity contribution < 1.29 is 17.9 Å². The molecule has 0 spiro atoms. The Labute approximate surface area is 206 Å². The summed E-state index contributed by atoms with van der Waals surface area (Å²) in [5.41, 5.74) is 3.64. The molecule has 180 valence electrons. The number of benzene rings is 4. The van der Waals surface area contributed by atoms with Gasteiger partial charge in [0.15, 0.2) is 13.5 Å². The molecule has 0 unspecified atom stereocenters. The molecule has 0 aliphatic heterocycles. The predicted molar refractivity (Wildman–Crippen MR) is 139 cm³/mol. The van der Waals surface area contributed by atoms with E-state index in [1.807, 2.05) is 62.4 Å². The van der Waals surface area contributed by atoms with Crippen molar-refractivity contribution >= 4 is 21.2 Å². The molecule has 35 heavy (non-hydrogen) atoms. The molecule has 0 saturated heterocycles. The van der Waals surface area contributed by atoms with E-state index in [4.69, 9.17) is 9.47 Å². The Balaban J connectivity index is 1.32. The second-order valence-corrected chi connectivity index (χ2v) is 9.96. The van der Waals surface area contributed by atoms with Crippen LogP contribution in [0.15, 0.2) is 107 Å². The topological polar surface area (TPSA) is 76.7 Å². The fourth-order valence-electron chi connectivity index (χ4n) is 3.47. The fraction of sp³-hybridized carbons (Fsp3) is 0.143. The monoisotopic (exact) mass is 488 g/mol. The van der Waals surface area contributed by atoms with Gasteiger partial charge in [-0.25, -0.2) is 8.42 Å². The van der Waals surface area contributed by atoms with Crippen LogP contribution in [0.1, 0.15) is 11.1 Å². The minimum Gasteiger partial charge on any atom is -0.473 e. The number of sulfone groups is 1. The standard InChI is InChI=1S/C28H28N2O4S/c1-21-7-3-5-9-27(21)33-19-29-23-11-15-25(16-12-23)35(31,32)26-17-13-24(14-18-26)30-20-34-28-10-6-4-8-22(28)2/h3-18,29-30H,19-20H2,1-2H3. The molecule has 0 atom stereocenters. The predicted octanol–water partition coefficient (Wildman–Crippen LogP) is 6.03. The summed E-state index contributed by atoms with van der Waals surface area (Å²) in [6.07, 6.45) is 0. The van der Waals surface area contributed by atoms with Crippen LogP contribution in [-0.2, 0) is 9.84 Å². The number of para-hydroxylation sites is 2. The van der Waals surface area contributed by atoms with Crippen LogP contribution < -0.4 is 20.1 Å². The number of hydrogen-bond acceptors (Lipinski definition) is 6. The molecule has 0 aliphatic carbocycles. The first-order chi connectivity index (χ1) is 16.9. The molecular formula is C28H28N2O4S.